The number of pyridine rings is 1. The summed E-state index contributed by atoms with van der Waals surface area (Å²) >= 11 is 0. The Balaban J connectivity index is 1.77. The highest BCUT2D eigenvalue weighted by atomic mass is 16.5. The number of morpholine rings is 1. The normalized spacial score (nSPS) is 15.8. The molecule has 3 heterocycles. The number of nitrogens with zero attached hydrogens (tertiary/aromatic N) is 3. The van der Waals surface area contributed by atoms with Gasteiger partial charge in [0.15, 0.2) is 0 Å². The molecule has 2 aromatic rings. The molecule has 1 saturated heterocycles. The van der Waals surface area contributed by atoms with Crippen LogP contribution in [-0.2, 0) is 11.8 Å². The molecule has 1 aliphatic heterocycles. The average molecular weight is 314 g/mol. The molecule has 0 aliphatic carbocycles. The molecule has 0 saturated carbocycles. The van der Waals surface area contributed by atoms with Crippen molar-refractivity contribution in [3.63, 3.8) is 0 Å². The second-order valence-corrected chi connectivity index (χ2v) is 6.11. The SMILES string of the molecule is Cc1c(-c2ccncc2)c(NCCN2CCOCC2)n(C)c1C. The third-order valence-corrected chi connectivity index (χ3v) is 4.79. The maximum absolute atomic E-state index is 5.41. The summed E-state index contributed by atoms with van der Waals surface area (Å²) in [7, 11) is 2.13. The molecule has 23 heavy (non-hydrogen) atoms. The van der Waals surface area contributed by atoms with Crippen LogP contribution in [0.2, 0.25) is 0 Å². The zero-order valence-corrected chi connectivity index (χ0v) is 14.3. The van der Waals surface area contributed by atoms with E-state index in [0.717, 1.165) is 39.4 Å². The number of nitrogens with one attached hydrogen (secondary N) is 1. The summed E-state index contributed by atoms with van der Waals surface area (Å²) in [6.07, 6.45) is 3.71. The summed E-state index contributed by atoms with van der Waals surface area (Å²) < 4.78 is 7.66. The average Bonchev–Trinajstić information content (AvgIpc) is 2.81. The van der Waals surface area contributed by atoms with Gasteiger partial charge in [-0.1, -0.05) is 0 Å². The highest BCUT2D eigenvalue weighted by molar-refractivity contribution is 5.80. The van der Waals surface area contributed by atoms with Gasteiger partial charge in [0.05, 0.1) is 13.2 Å². The zero-order valence-electron chi connectivity index (χ0n) is 14.3. The highest BCUT2D eigenvalue weighted by Crippen LogP contribution is 2.34. The summed E-state index contributed by atoms with van der Waals surface area (Å²) in [6.45, 7) is 10.1. The molecule has 0 atom stereocenters. The molecule has 1 fully saturated rings. The van der Waals surface area contributed by atoms with Crippen molar-refractivity contribution in [2.24, 2.45) is 7.05 Å². The van der Waals surface area contributed by atoms with E-state index >= 15 is 0 Å². The van der Waals surface area contributed by atoms with Crippen molar-refractivity contribution in [3.8, 4) is 11.1 Å². The molecule has 1 N–H and O–H groups in total. The van der Waals surface area contributed by atoms with Crippen LogP contribution in [0.25, 0.3) is 11.1 Å². The largest absolute Gasteiger partial charge is 0.379 e. The Hall–Kier alpha value is -1.85. The lowest BCUT2D eigenvalue weighted by molar-refractivity contribution is 0.0398. The van der Waals surface area contributed by atoms with Crippen LogP contribution < -0.4 is 5.32 Å². The van der Waals surface area contributed by atoms with Crippen LogP contribution in [0.3, 0.4) is 0 Å². The van der Waals surface area contributed by atoms with Gasteiger partial charge in [-0.2, -0.15) is 0 Å². The number of anilines is 1. The quantitative estimate of drug-likeness (QED) is 0.920. The van der Waals surface area contributed by atoms with Crippen LogP contribution >= 0.6 is 0 Å². The Kier molecular flexibility index (Phi) is 4.98. The summed E-state index contributed by atoms with van der Waals surface area (Å²) in [6, 6.07) is 4.16. The van der Waals surface area contributed by atoms with E-state index in [2.05, 4.69) is 52.8 Å². The molecular weight excluding hydrogens is 288 g/mol. The first-order valence-electron chi connectivity index (χ1n) is 8.28. The molecule has 0 radical (unpaired) electrons. The van der Waals surface area contributed by atoms with E-state index in [1.54, 1.807) is 0 Å². The van der Waals surface area contributed by atoms with Gasteiger partial charge in [0.25, 0.3) is 0 Å². The second kappa shape index (κ2) is 7.15. The first-order valence-corrected chi connectivity index (χ1v) is 8.28. The zero-order chi connectivity index (χ0) is 16.2. The Morgan fingerprint density at radius 3 is 2.57 bits per heavy atom. The molecule has 0 bridgehead atoms. The molecule has 5 heteroatoms. The molecule has 2 aromatic heterocycles. The van der Waals surface area contributed by atoms with Crippen molar-refractivity contribution in [1.82, 2.24) is 14.5 Å². The number of hydrogen-bond donors (Lipinski definition) is 1. The topological polar surface area (TPSA) is 42.3 Å². The minimum atomic E-state index is 0.852. The first kappa shape index (κ1) is 16.0. The van der Waals surface area contributed by atoms with Gasteiger partial charge in [0.2, 0.25) is 0 Å². The van der Waals surface area contributed by atoms with Crippen LogP contribution in [0.1, 0.15) is 11.3 Å². The monoisotopic (exact) mass is 314 g/mol. The van der Waals surface area contributed by atoms with Crippen LogP contribution in [0.5, 0.6) is 0 Å². The summed E-state index contributed by atoms with van der Waals surface area (Å²) in [5.41, 5.74) is 5.13. The van der Waals surface area contributed by atoms with E-state index < -0.39 is 0 Å². The van der Waals surface area contributed by atoms with Gasteiger partial charge in [0.1, 0.15) is 5.82 Å². The van der Waals surface area contributed by atoms with Gasteiger partial charge in [-0.25, -0.2) is 0 Å². The molecule has 0 amide bonds. The van der Waals surface area contributed by atoms with Crippen LogP contribution in [0.4, 0.5) is 5.82 Å². The lowest BCUT2D eigenvalue weighted by atomic mass is 10.0. The fourth-order valence-electron chi connectivity index (χ4n) is 3.18. The Morgan fingerprint density at radius 2 is 1.87 bits per heavy atom. The molecule has 0 aromatic carbocycles. The maximum atomic E-state index is 5.41. The lowest BCUT2D eigenvalue weighted by Gasteiger charge is -2.26. The fourth-order valence-corrected chi connectivity index (χ4v) is 3.18. The highest BCUT2D eigenvalue weighted by Gasteiger charge is 2.17. The fraction of sp³-hybridized carbons (Fsp3) is 0.500. The van der Waals surface area contributed by atoms with Gasteiger partial charge in [-0.05, 0) is 37.1 Å². The van der Waals surface area contributed by atoms with Crippen LogP contribution in [0.15, 0.2) is 24.5 Å². The predicted octanol–water partition coefficient (Wildman–Crippen LogP) is 2.45. The Labute approximate surface area is 138 Å². The molecule has 0 spiro atoms. The molecule has 5 nitrogen and oxygen atoms in total. The Morgan fingerprint density at radius 1 is 1.17 bits per heavy atom. The second-order valence-electron chi connectivity index (χ2n) is 6.11. The minimum absolute atomic E-state index is 0.852. The minimum Gasteiger partial charge on any atom is -0.379 e. The van der Waals surface area contributed by atoms with Crippen LogP contribution in [0, 0.1) is 13.8 Å². The maximum Gasteiger partial charge on any atom is 0.114 e. The van der Waals surface area contributed by atoms with Crippen LogP contribution in [-0.4, -0.2) is 53.8 Å². The van der Waals surface area contributed by atoms with Gasteiger partial charge in [0, 0.05) is 56.9 Å². The van der Waals surface area contributed by atoms with Crippen molar-refractivity contribution in [1.29, 1.82) is 0 Å². The number of aromatic nitrogens is 2. The van der Waals surface area contributed by atoms with Gasteiger partial charge < -0.3 is 14.6 Å². The van der Waals surface area contributed by atoms with E-state index in [1.807, 2.05) is 12.4 Å². The Bertz CT molecular complexity index is 645. The third-order valence-electron chi connectivity index (χ3n) is 4.79. The molecule has 3 rings (SSSR count). The molecule has 0 unspecified atom stereocenters. The van der Waals surface area contributed by atoms with Gasteiger partial charge in [-0.3, -0.25) is 9.88 Å². The predicted molar refractivity (Wildman–Crippen MR) is 93.9 cm³/mol. The van der Waals surface area contributed by atoms with Crippen molar-refractivity contribution in [2.45, 2.75) is 13.8 Å². The molecule has 124 valence electrons. The van der Waals surface area contributed by atoms with Gasteiger partial charge >= 0.3 is 0 Å². The summed E-state index contributed by atoms with van der Waals surface area (Å²) in [5.74, 6) is 1.19. The molecular formula is C18H26N4O. The van der Waals surface area contributed by atoms with Crippen molar-refractivity contribution >= 4 is 5.82 Å². The van der Waals surface area contributed by atoms with Crippen molar-refractivity contribution < 1.29 is 4.74 Å². The van der Waals surface area contributed by atoms with Crippen molar-refractivity contribution in [3.05, 3.63) is 35.8 Å². The van der Waals surface area contributed by atoms with Crippen molar-refractivity contribution in [2.75, 3.05) is 44.7 Å². The number of hydrogen-bond acceptors (Lipinski definition) is 4. The van der Waals surface area contributed by atoms with Gasteiger partial charge in [-0.15, -0.1) is 0 Å². The van der Waals surface area contributed by atoms with E-state index in [0.29, 0.717) is 0 Å². The standard InChI is InChI=1S/C18H26N4O/c1-14-15(2)21(3)18(17(14)16-4-6-19-7-5-16)20-8-9-22-10-12-23-13-11-22/h4-7,20H,8-13H2,1-3H3. The lowest BCUT2D eigenvalue weighted by Crippen LogP contribution is -2.39. The smallest absolute Gasteiger partial charge is 0.114 e. The van der Waals surface area contributed by atoms with E-state index in [-0.39, 0.29) is 0 Å². The summed E-state index contributed by atoms with van der Waals surface area (Å²) in [4.78, 5) is 6.59. The first-order chi connectivity index (χ1) is 11.2. The number of rotatable bonds is 5. The van der Waals surface area contributed by atoms with E-state index in [4.69, 9.17) is 4.74 Å². The van der Waals surface area contributed by atoms with E-state index in [9.17, 15) is 0 Å². The summed E-state index contributed by atoms with van der Waals surface area (Å²) in [5, 5.41) is 3.65. The number of ether oxygens (including phenoxy) is 1. The molecule has 1 aliphatic rings. The van der Waals surface area contributed by atoms with E-state index in [1.165, 1.54) is 28.2 Å². The third kappa shape index (κ3) is 3.41.